The van der Waals surface area contributed by atoms with Crippen molar-refractivity contribution in [2.24, 2.45) is 0 Å². The minimum atomic E-state index is -0.407. The van der Waals surface area contributed by atoms with E-state index in [0.29, 0.717) is 15.8 Å². The monoisotopic (exact) mass is 358 g/mol. The van der Waals surface area contributed by atoms with Gasteiger partial charge in [-0.3, -0.25) is 0 Å². The highest BCUT2D eigenvalue weighted by molar-refractivity contribution is 9.10. The highest BCUT2D eigenvalue weighted by atomic mass is 79.9. The molecule has 7 nitrogen and oxygen atoms in total. The molecule has 0 aliphatic rings. The van der Waals surface area contributed by atoms with Crippen LogP contribution in [-0.2, 0) is 6.54 Å². The number of hydrogen-bond donors (Lipinski definition) is 1. The maximum absolute atomic E-state index is 12.3. The van der Waals surface area contributed by atoms with Gasteiger partial charge in [0.1, 0.15) is 0 Å². The number of benzene rings is 1. The summed E-state index contributed by atoms with van der Waals surface area (Å²) in [5.41, 5.74) is 7.37. The second-order valence-corrected chi connectivity index (χ2v) is 5.36. The number of aromatic nitrogens is 4. The molecule has 0 bridgehead atoms. The number of anilines is 1. The first-order valence-electron chi connectivity index (χ1n) is 6.50. The lowest BCUT2D eigenvalue weighted by atomic mass is 10.1. The molecule has 0 atom stereocenters. The summed E-state index contributed by atoms with van der Waals surface area (Å²) in [6, 6.07) is 11.5. The first-order chi connectivity index (χ1) is 10.6. The van der Waals surface area contributed by atoms with Gasteiger partial charge in [0.15, 0.2) is 5.65 Å². The van der Waals surface area contributed by atoms with E-state index in [9.17, 15) is 4.79 Å². The minimum Gasteiger partial charge on any atom is -0.369 e. The largest absolute Gasteiger partial charge is 0.369 e. The summed E-state index contributed by atoms with van der Waals surface area (Å²) < 4.78 is 3.03. The summed E-state index contributed by atoms with van der Waals surface area (Å²) in [6.07, 6.45) is 0.195. The molecule has 22 heavy (non-hydrogen) atoms. The average Bonchev–Trinajstić information content (AvgIpc) is 2.87. The summed E-state index contributed by atoms with van der Waals surface area (Å²) in [5.74, 6) is 0.0604. The zero-order valence-corrected chi connectivity index (χ0v) is 13.0. The Morgan fingerprint density at radius 1 is 1.32 bits per heavy atom. The van der Waals surface area contributed by atoms with Crippen LogP contribution in [0.3, 0.4) is 0 Å². The SMILES string of the molecule is N#CCCn1nc2c(Br)c(-c3ccccc3)nc(N)n2c1=O. The van der Waals surface area contributed by atoms with Crippen LogP contribution < -0.4 is 11.4 Å². The predicted octanol–water partition coefficient (Wildman–Crippen LogP) is 1.82. The molecule has 0 fully saturated rings. The van der Waals surface area contributed by atoms with E-state index >= 15 is 0 Å². The van der Waals surface area contributed by atoms with E-state index < -0.39 is 5.69 Å². The van der Waals surface area contributed by atoms with Gasteiger partial charge in [-0.1, -0.05) is 30.3 Å². The minimum absolute atomic E-state index is 0.0604. The molecule has 0 unspecified atom stereocenters. The molecule has 0 amide bonds. The van der Waals surface area contributed by atoms with Gasteiger partial charge >= 0.3 is 5.69 Å². The van der Waals surface area contributed by atoms with Crippen molar-refractivity contribution < 1.29 is 0 Å². The van der Waals surface area contributed by atoms with Gasteiger partial charge in [-0.15, -0.1) is 5.10 Å². The van der Waals surface area contributed by atoms with Gasteiger partial charge in [-0.05, 0) is 15.9 Å². The van der Waals surface area contributed by atoms with Gasteiger partial charge in [-0.2, -0.15) is 5.26 Å². The number of halogens is 1. The third-order valence-corrected chi connectivity index (χ3v) is 3.91. The van der Waals surface area contributed by atoms with Gasteiger partial charge in [0, 0.05) is 5.56 Å². The molecule has 2 N–H and O–H groups in total. The molecule has 2 aromatic heterocycles. The van der Waals surface area contributed by atoms with Crippen molar-refractivity contribution in [3.63, 3.8) is 0 Å². The van der Waals surface area contributed by atoms with Gasteiger partial charge in [0.25, 0.3) is 0 Å². The fraction of sp³-hybridized carbons (Fsp3) is 0.143. The van der Waals surface area contributed by atoms with Crippen LogP contribution in [0.2, 0.25) is 0 Å². The lowest BCUT2D eigenvalue weighted by molar-refractivity contribution is 0.604. The highest BCUT2D eigenvalue weighted by Crippen LogP contribution is 2.29. The summed E-state index contributed by atoms with van der Waals surface area (Å²) >= 11 is 3.45. The molecule has 110 valence electrons. The highest BCUT2D eigenvalue weighted by Gasteiger charge is 2.18. The van der Waals surface area contributed by atoms with Gasteiger partial charge in [0.05, 0.1) is 29.2 Å². The molecule has 0 spiro atoms. The van der Waals surface area contributed by atoms with Crippen molar-refractivity contribution in [1.82, 2.24) is 19.2 Å². The van der Waals surface area contributed by atoms with E-state index in [-0.39, 0.29) is 18.9 Å². The van der Waals surface area contributed by atoms with Crippen molar-refractivity contribution in [3.05, 3.63) is 45.3 Å². The molecule has 1 aromatic carbocycles. The van der Waals surface area contributed by atoms with E-state index in [1.807, 2.05) is 36.4 Å². The third kappa shape index (κ3) is 2.25. The van der Waals surface area contributed by atoms with Crippen LogP contribution in [0, 0.1) is 11.3 Å². The molecule has 8 heteroatoms. The van der Waals surface area contributed by atoms with E-state index in [2.05, 4.69) is 26.0 Å². The second-order valence-electron chi connectivity index (χ2n) is 4.57. The fourth-order valence-corrected chi connectivity index (χ4v) is 2.74. The number of nitrogen functional groups attached to an aromatic ring is 1. The van der Waals surface area contributed by atoms with E-state index in [4.69, 9.17) is 11.0 Å². The van der Waals surface area contributed by atoms with E-state index in [0.717, 1.165) is 5.56 Å². The molecule has 0 saturated heterocycles. The summed E-state index contributed by atoms with van der Waals surface area (Å²) in [7, 11) is 0. The number of fused-ring (bicyclic) bond motifs is 1. The molecule has 3 aromatic rings. The van der Waals surface area contributed by atoms with Crippen molar-refractivity contribution in [2.75, 3.05) is 5.73 Å². The zero-order chi connectivity index (χ0) is 15.7. The first-order valence-corrected chi connectivity index (χ1v) is 7.29. The Morgan fingerprint density at radius 2 is 2.05 bits per heavy atom. The molecule has 3 rings (SSSR count). The van der Waals surface area contributed by atoms with E-state index in [1.165, 1.54) is 9.08 Å². The predicted molar refractivity (Wildman–Crippen MR) is 85.0 cm³/mol. The number of nitrogens with two attached hydrogens (primary N) is 1. The number of nitrogens with zero attached hydrogens (tertiary/aromatic N) is 5. The molecule has 0 aliphatic heterocycles. The maximum atomic E-state index is 12.3. The van der Waals surface area contributed by atoms with Crippen molar-refractivity contribution in [1.29, 1.82) is 5.26 Å². The molecule has 0 aliphatic carbocycles. The number of nitriles is 1. The Morgan fingerprint density at radius 3 is 2.73 bits per heavy atom. The van der Waals surface area contributed by atoms with Crippen LogP contribution >= 0.6 is 15.9 Å². The van der Waals surface area contributed by atoms with Crippen LogP contribution in [-0.4, -0.2) is 19.2 Å². The number of hydrogen-bond acceptors (Lipinski definition) is 5. The second kappa shape index (κ2) is 5.61. The molecular weight excluding hydrogens is 348 g/mol. The van der Waals surface area contributed by atoms with Gasteiger partial charge < -0.3 is 5.73 Å². The van der Waals surface area contributed by atoms with Crippen molar-refractivity contribution >= 4 is 27.5 Å². The third-order valence-electron chi connectivity index (χ3n) is 3.18. The van der Waals surface area contributed by atoms with Gasteiger partial charge in [0.2, 0.25) is 5.95 Å². The smallest absolute Gasteiger partial charge is 0.353 e. The lowest BCUT2D eigenvalue weighted by Gasteiger charge is -2.06. The number of aryl methyl sites for hydroxylation is 1. The summed E-state index contributed by atoms with van der Waals surface area (Å²) in [4.78, 5) is 16.6. The van der Waals surface area contributed by atoms with Gasteiger partial charge in [-0.25, -0.2) is 18.9 Å². The van der Waals surface area contributed by atoms with Crippen LogP contribution in [0.4, 0.5) is 5.95 Å². The molecule has 0 radical (unpaired) electrons. The molecule has 0 saturated carbocycles. The number of rotatable bonds is 3. The Bertz CT molecular complexity index is 938. The Hall–Kier alpha value is -2.66. The normalized spacial score (nSPS) is 10.7. The zero-order valence-electron chi connectivity index (χ0n) is 11.4. The average molecular weight is 359 g/mol. The Balaban J connectivity index is 2.26. The first kappa shape index (κ1) is 14.3. The maximum Gasteiger partial charge on any atom is 0.353 e. The Kier molecular flexibility index (Phi) is 3.65. The Labute approximate surface area is 133 Å². The summed E-state index contributed by atoms with van der Waals surface area (Å²) in [6.45, 7) is 0.212. The quantitative estimate of drug-likeness (QED) is 0.769. The standard InChI is InChI=1S/C14H11BrN6O/c15-10-11(9-5-2-1-3-6-9)18-13(17)21-12(10)19-20(14(21)22)8-4-7-16/h1-3,5-6H,4,8H2,(H2,17,18). The van der Waals surface area contributed by atoms with Crippen LogP contribution in [0.5, 0.6) is 0 Å². The van der Waals surface area contributed by atoms with E-state index in [1.54, 1.807) is 0 Å². The van der Waals surface area contributed by atoms with Crippen molar-refractivity contribution in [3.8, 4) is 17.3 Å². The molecule has 2 heterocycles. The lowest BCUT2D eigenvalue weighted by Crippen LogP contribution is -2.23. The topological polar surface area (TPSA) is 102 Å². The van der Waals surface area contributed by atoms with Crippen LogP contribution in [0.15, 0.2) is 39.6 Å². The molecular formula is C14H11BrN6O. The fourth-order valence-electron chi connectivity index (χ4n) is 2.16. The van der Waals surface area contributed by atoms with Crippen LogP contribution in [0.1, 0.15) is 6.42 Å². The van der Waals surface area contributed by atoms with Crippen LogP contribution in [0.25, 0.3) is 16.9 Å². The van der Waals surface area contributed by atoms with Crippen molar-refractivity contribution in [2.45, 2.75) is 13.0 Å². The summed E-state index contributed by atoms with van der Waals surface area (Å²) in [5, 5.41) is 12.9.